The quantitative estimate of drug-likeness (QED) is 0.659. The second kappa shape index (κ2) is 6.72. The standard InChI is InChI=1S/C15H18N4O2S2/c1-9(2)15(3,8-16)18-11(20)7-23-14-17-12-10(5-6-22-12)13(21)19(14)4/h5-6,9H,7H2,1-4H3,(H,18,20). The van der Waals surface area contributed by atoms with Crippen LogP contribution in [0.1, 0.15) is 20.8 Å². The van der Waals surface area contributed by atoms with E-state index in [2.05, 4.69) is 16.4 Å². The number of carbonyl (C=O) groups is 1. The lowest BCUT2D eigenvalue weighted by Crippen LogP contribution is -2.49. The maximum Gasteiger partial charge on any atom is 0.262 e. The van der Waals surface area contributed by atoms with Gasteiger partial charge in [0.1, 0.15) is 10.4 Å². The Kier molecular flexibility index (Phi) is 5.12. The lowest BCUT2D eigenvalue weighted by molar-refractivity contribution is -0.120. The van der Waals surface area contributed by atoms with Gasteiger partial charge in [0.25, 0.3) is 5.56 Å². The summed E-state index contributed by atoms with van der Waals surface area (Å²) >= 11 is 2.58. The normalized spacial score (nSPS) is 13.7. The zero-order chi connectivity index (χ0) is 17.2. The molecule has 0 fully saturated rings. The van der Waals surface area contributed by atoms with Crippen LogP contribution in [-0.2, 0) is 11.8 Å². The molecule has 0 aliphatic heterocycles. The minimum Gasteiger partial charge on any atom is -0.337 e. The minimum absolute atomic E-state index is 0.00796. The van der Waals surface area contributed by atoms with Gasteiger partial charge in [-0.15, -0.1) is 11.3 Å². The molecule has 122 valence electrons. The first-order valence-corrected chi connectivity index (χ1v) is 8.94. The molecule has 1 N–H and O–H groups in total. The van der Waals surface area contributed by atoms with E-state index in [-0.39, 0.29) is 23.1 Å². The van der Waals surface area contributed by atoms with Gasteiger partial charge in [0.05, 0.1) is 17.2 Å². The number of amides is 1. The highest BCUT2D eigenvalue weighted by Gasteiger charge is 2.29. The Morgan fingerprint density at radius 3 is 2.91 bits per heavy atom. The predicted molar refractivity (Wildman–Crippen MR) is 92.6 cm³/mol. The Labute approximate surface area is 142 Å². The van der Waals surface area contributed by atoms with Crippen molar-refractivity contribution in [3.05, 3.63) is 21.8 Å². The van der Waals surface area contributed by atoms with E-state index < -0.39 is 5.54 Å². The van der Waals surface area contributed by atoms with Crippen LogP contribution in [0.25, 0.3) is 10.2 Å². The van der Waals surface area contributed by atoms with E-state index in [1.54, 1.807) is 20.0 Å². The zero-order valence-corrected chi connectivity index (χ0v) is 15.0. The maximum absolute atomic E-state index is 12.2. The van der Waals surface area contributed by atoms with Gasteiger partial charge in [-0.1, -0.05) is 25.6 Å². The van der Waals surface area contributed by atoms with Crippen molar-refractivity contribution in [2.45, 2.75) is 31.5 Å². The summed E-state index contributed by atoms with van der Waals surface area (Å²) in [5.41, 5.74) is -1.03. The summed E-state index contributed by atoms with van der Waals surface area (Å²) < 4.78 is 1.44. The lowest BCUT2D eigenvalue weighted by Gasteiger charge is -2.27. The van der Waals surface area contributed by atoms with Gasteiger partial charge < -0.3 is 5.32 Å². The molecular weight excluding hydrogens is 332 g/mol. The van der Waals surface area contributed by atoms with E-state index in [1.807, 2.05) is 19.2 Å². The third-order valence-electron chi connectivity index (χ3n) is 3.78. The Hall–Kier alpha value is -1.85. The van der Waals surface area contributed by atoms with Gasteiger partial charge in [0.15, 0.2) is 5.16 Å². The molecule has 0 saturated carbocycles. The number of nitriles is 1. The van der Waals surface area contributed by atoms with Crippen LogP contribution in [0.4, 0.5) is 0 Å². The number of carbonyl (C=O) groups excluding carboxylic acids is 1. The molecule has 0 spiro atoms. The van der Waals surface area contributed by atoms with Gasteiger partial charge in [-0.05, 0) is 24.3 Å². The van der Waals surface area contributed by atoms with Crippen LogP contribution < -0.4 is 10.9 Å². The van der Waals surface area contributed by atoms with Gasteiger partial charge in [0.2, 0.25) is 5.91 Å². The summed E-state index contributed by atoms with van der Waals surface area (Å²) in [6.07, 6.45) is 0. The summed E-state index contributed by atoms with van der Waals surface area (Å²) in [6.45, 7) is 5.46. The molecule has 2 heterocycles. The number of thiophene rings is 1. The molecule has 1 amide bonds. The fourth-order valence-corrected chi connectivity index (χ4v) is 3.44. The second-order valence-corrected chi connectivity index (χ2v) is 7.54. The number of nitrogens with zero attached hydrogens (tertiary/aromatic N) is 3. The van der Waals surface area contributed by atoms with Gasteiger partial charge in [-0.3, -0.25) is 14.2 Å². The molecule has 0 radical (unpaired) electrons. The summed E-state index contributed by atoms with van der Waals surface area (Å²) in [6, 6.07) is 3.89. The van der Waals surface area contributed by atoms with E-state index in [4.69, 9.17) is 0 Å². The highest BCUT2D eigenvalue weighted by molar-refractivity contribution is 7.99. The molecule has 0 bridgehead atoms. The molecule has 1 unspecified atom stereocenters. The molecule has 6 nitrogen and oxygen atoms in total. The Balaban J connectivity index is 2.12. The number of thioether (sulfide) groups is 1. The van der Waals surface area contributed by atoms with E-state index >= 15 is 0 Å². The molecule has 0 aromatic carbocycles. The topological polar surface area (TPSA) is 87.8 Å². The molecule has 0 saturated heterocycles. The van der Waals surface area contributed by atoms with Crippen LogP contribution >= 0.6 is 23.1 Å². The summed E-state index contributed by atoms with van der Waals surface area (Å²) in [4.78, 5) is 29.4. The van der Waals surface area contributed by atoms with E-state index in [1.165, 1.54) is 27.7 Å². The van der Waals surface area contributed by atoms with Crippen molar-refractivity contribution < 1.29 is 4.79 Å². The van der Waals surface area contributed by atoms with Crippen LogP contribution in [0.15, 0.2) is 21.4 Å². The lowest BCUT2D eigenvalue weighted by atomic mass is 9.90. The van der Waals surface area contributed by atoms with Crippen molar-refractivity contribution in [1.29, 1.82) is 5.26 Å². The van der Waals surface area contributed by atoms with Crippen LogP contribution in [-0.4, -0.2) is 26.8 Å². The highest BCUT2D eigenvalue weighted by atomic mass is 32.2. The third-order valence-corrected chi connectivity index (χ3v) is 5.62. The van der Waals surface area contributed by atoms with Crippen molar-refractivity contribution in [3.63, 3.8) is 0 Å². The molecule has 23 heavy (non-hydrogen) atoms. The van der Waals surface area contributed by atoms with E-state index in [0.29, 0.717) is 15.4 Å². The van der Waals surface area contributed by atoms with Gasteiger partial charge in [-0.25, -0.2) is 4.98 Å². The second-order valence-electron chi connectivity index (χ2n) is 5.70. The fourth-order valence-electron chi connectivity index (χ4n) is 1.87. The first kappa shape index (κ1) is 17.5. The SMILES string of the molecule is CC(C)C(C)(C#N)NC(=O)CSc1nc2sccc2c(=O)n1C. The van der Waals surface area contributed by atoms with Crippen LogP contribution in [0.5, 0.6) is 0 Å². The number of nitrogens with one attached hydrogen (secondary N) is 1. The fraction of sp³-hybridized carbons (Fsp3) is 0.467. The summed E-state index contributed by atoms with van der Waals surface area (Å²) in [7, 11) is 1.64. The Bertz CT molecular complexity index is 834. The maximum atomic E-state index is 12.2. The average Bonchev–Trinajstić information content (AvgIpc) is 2.97. The molecule has 0 aliphatic carbocycles. The number of fused-ring (bicyclic) bond motifs is 1. The zero-order valence-electron chi connectivity index (χ0n) is 13.4. The molecular formula is C15H18N4O2S2. The van der Waals surface area contributed by atoms with Crippen molar-refractivity contribution in [3.8, 4) is 6.07 Å². The first-order valence-electron chi connectivity index (χ1n) is 7.08. The number of aromatic nitrogens is 2. The molecule has 8 heteroatoms. The van der Waals surface area contributed by atoms with Crippen molar-refractivity contribution >= 4 is 39.2 Å². The third kappa shape index (κ3) is 3.57. The minimum atomic E-state index is -0.908. The summed E-state index contributed by atoms with van der Waals surface area (Å²) in [5.74, 6) is -0.166. The largest absolute Gasteiger partial charge is 0.337 e. The van der Waals surface area contributed by atoms with Gasteiger partial charge in [-0.2, -0.15) is 5.26 Å². The predicted octanol–water partition coefficient (Wildman–Crippen LogP) is 2.14. The molecule has 2 rings (SSSR count). The smallest absolute Gasteiger partial charge is 0.262 e. The molecule has 0 aliphatic rings. The Morgan fingerprint density at radius 2 is 2.30 bits per heavy atom. The monoisotopic (exact) mass is 350 g/mol. The van der Waals surface area contributed by atoms with Crippen LogP contribution in [0.2, 0.25) is 0 Å². The van der Waals surface area contributed by atoms with E-state index in [0.717, 1.165) is 0 Å². The Morgan fingerprint density at radius 1 is 1.61 bits per heavy atom. The first-order chi connectivity index (χ1) is 10.8. The van der Waals surface area contributed by atoms with Gasteiger partial charge >= 0.3 is 0 Å². The number of rotatable bonds is 5. The van der Waals surface area contributed by atoms with Gasteiger partial charge in [0, 0.05) is 7.05 Å². The average molecular weight is 350 g/mol. The molecule has 2 aromatic rings. The molecule has 2 aromatic heterocycles. The molecule has 1 atom stereocenters. The number of hydrogen-bond acceptors (Lipinski definition) is 6. The highest BCUT2D eigenvalue weighted by Crippen LogP contribution is 2.21. The van der Waals surface area contributed by atoms with Crippen molar-refractivity contribution in [2.24, 2.45) is 13.0 Å². The number of hydrogen-bond donors (Lipinski definition) is 1. The summed E-state index contributed by atoms with van der Waals surface area (Å²) in [5, 5.41) is 14.9. The van der Waals surface area contributed by atoms with Crippen molar-refractivity contribution in [2.75, 3.05) is 5.75 Å². The van der Waals surface area contributed by atoms with Crippen LogP contribution in [0.3, 0.4) is 0 Å². The van der Waals surface area contributed by atoms with E-state index in [9.17, 15) is 14.9 Å². The van der Waals surface area contributed by atoms with Crippen molar-refractivity contribution in [1.82, 2.24) is 14.9 Å². The van der Waals surface area contributed by atoms with Crippen LogP contribution in [0, 0.1) is 17.2 Å².